The van der Waals surface area contributed by atoms with Crippen LogP contribution in [0.3, 0.4) is 0 Å². The van der Waals surface area contributed by atoms with E-state index < -0.39 is 0 Å². The van der Waals surface area contributed by atoms with E-state index in [1.807, 2.05) is 54.7 Å². The lowest BCUT2D eigenvalue weighted by molar-refractivity contribution is -0.122. The summed E-state index contributed by atoms with van der Waals surface area (Å²) in [5.41, 5.74) is 9.47. The second-order valence-corrected chi connectivity index (χ2v) is 8.29. The summed E-state index contributed by atoms with van der Waals surface area (Å²) in [5, 5.41) is 2.50. The first-order valence-corrected chi connectivity index (χ1v) is 11.5. The molecule has 0 aliphatic carbocycles. The highest BCUT2D eigenvalue weighted by atomic mass is 16.6. The van der Waals surface area contributed by atoms with Crippen LogP contribution in [-0.2, 0) is 22.6 Å². The van der Waals surface area contributed by atoms with E-state index in [0.717, 1.165) is 16.7 Å². The second kappa shape index (κ2) is 13.0. The Morgan fingerprint density at radius 2 is 1.77 bits per heavy atom. The van der Waals surface area contributed by atoms with E-state index in [0.29, 0.717) is 30.9 Å². The fourth-order valence-electron chi connectivity index (χ4n) is 3.45. The predicted octanol–water partition coefficient (Wildman–Crippen LogP) is 3.77. The Hall–Kier alpha value is -4.07. The van der Waals surface area contributed by atoms with Crippen molar-refractivity contribution in [3.8, 4) is 5.75 Å². The number of benzene rings is 2. The summed E-state index contributed by atoms with van der Waals surface area (Å²) in [6.45, 7) is 3.17. The molecule has 0 spiro atoms. The number of likely N-dealkylation sites (N-methyl/N-ethyl adjacent to an activating group) is 1. The van der Waals surface area contributed by atoms with E-state index in [9.17, 15) is 9.59 Å². The minimum Gasteiger partial charge on any atom is -0.484 e. The first kappa shape index (κ1) is 25.6. The maximum atomic E-state index is 13.0. The molecule has 1 atom stereocenters. The number of pyridine rings is 1. The van der Waals surface area contributed by atoms with Crippen LogP contribution in [0.5, 0.6) is 5.75 Å². The van der Waals surface area contributed by atoms with Crippen molar-refractivity contribution in [1.29, 1.82) is 0 Å². The standard InChI is InChI=1S/C27H32N4O4/c1-20(23-4-3-14-30-16-23)17-31(15-13-21-5-9-24(28)10-6-21)27(33)35-18-22-7-11-25(12-8-22)34-19-26(32)29-2/h3-12,14,16,20H,13,15,17-19,28H2,1-2H3,(H,29,32)/t20-/m0/s1. The highest BCUT2D eigenvalue weighted by Crippen LogP contribution is 2.18. The van der Waals surface area contributed by atoms with Gasteiger partial charge in [-0.15, -0.1) is 0 Å². The highest BCUT2D eigenvalue weighted by Gasteiger charge is 2.19. The number of nitrogens with zero attached hydrogens (tertiary/aromatic N) is 2. The zero-order valence-corrected chi connectivity index (χ0v) is 20.1. The number of hydrogen-bond acceptors (Lipinski definition) is 6. The number of ether oxygens (including phenoxy) is 2. The van der Waals surface area contributed by atoms with Crippen LogP contribution < -0.4 is 15.8 Å². The monoisotopic (exact) mass is 476 g/mol. The number of carbonyl (C=O) groups is 2. The smallest absolute Gasteiger partial charge is 0.410 e. The molecule has 2 amide bonds. The third kappa shape index (κ3) is 8.33. The summed E-state index contributed by atoms with van der Waals surface area (Å²) in [6, 6.07) is 18.7. The molecule has 184 valence electrons. The Kier molecular flexibility index (Phi) is 9.48. The second-order valence-electron chi connectivity index (χ2n) is 8.29. The zero-order valence-electron chi connectivity index (χ0n) is 20.1. The van der Waals surface area contributed by atoms with Gasteiger partial charge in [0, 0.05) is 44.1 Å². The summed E-state index contributed by atoms with van der Waals surface area (Å²) in [6.07, 6.45) is 3.86. The van der Waals surface area contributed by atoms with Gasteiger partial charge in [-0.1, -0.05) is 37.3 Å². The van der Waals surface area contributed by atoms with Crippen LogP contribution in [0.25, 0.3) is 0 Å². The van der Waals surface area contributed by atoms with Gasteiger partial charge in [-0.3, -0.25) is 9.78 Å². The predicted molar refractivity (Wildman–Crippen MR) is 135 cm³/mol. The van der Waals surface area contributed by atoms with Gasteiger partial charge in [0.15, 0.2) is 6.61 Å². The SMILES string of the molecule is CNC(=O)COc1ccc(COC(=O)N(CCc2ccc(N)cc2)C[C@H](C)c2cccnc2)cc1. The lowest BCUT2D eigenvalue weighted by atomic mass is 10.0. The average Bonchev–Trinajstić information content (AvgIpc) is 2.90. The van der Waals surface area contributed by atoms with Gasteiger partial charge < -0.3 is 25.4 Å². The van der Waals surface area contributed by atoms with Gasteiger partial charge in [0.2, 0.25) is 0 Å². The van der Waals surface area contributed by atoms with Gasteiger partial charge >= 0.3 is 6.09 Å². The normalized spacial score (nSPS) is 11.4. The summed E-state index contributed by atoms with van der Waals surface area (Å²) in [4.78, 5) is 30.3. The molecule has 2 aromatic carbocycles. The van der Waals surface area contributed by atoms with Crippen LogP contribution >= 0.6 is 0 Å². The summed E-state index contributed by atoms with van der Waals surface area (Å²) in [7, 11) is 1.56. The van der Waals surface area contributed by atoms with Gasteiger partial charge in [-0.25, -0.2) is 4.79 Å². The molecule has 0 saturated carbocycles. The Morgan fingerprint density at radius 3 is 2.43 bits per heavy atom. The molecular weight excluding hydrogens is 444 g/mol. The Morgan fingerprint density at radius 1 is 1.06 bits per heavy atom. The van der Waals surface area contributed by atoms with Crippen molar-refractivity contribution in [3.63, 3.8) is 0 Å². The molecule has 0 unspecified atom stereocenters. The summed E-state index contributed by atoms with van der Waals surface area (Å²) >= 11 is 0. The highest BCUT2D eigenvalue weighted by molar-refractivity contribution is 5.77. The molecule has 0 aliphatic heterocycles. The number of nitrogen functional groups attached to an aromatic ring is 1. The van der Waals surface area contributed by atoms with Crippen LogP contribution in [0.1, 0.15) is 29.5 Å². The molecule has 3 N–H and O–H groups in total. The van der Waals surface area contributed by atoms with Crippen LogP contribution in [-0.4, -0.2) is 48.6 Å². The van der Waals surface area contributed by atoms with Crippen LogP contribution in [0, 0.1) is 0 Å². The molecule has 8 nitrogen and oxygen atoms in total. The molecule has 0 fully saturated rings. The fraction of sp³-hybridized carbons (Fsp3) is 0.296. The fourth-order valence-corrected chi connectivity index (χ4v) is 3.45. The topological polar surface area (TPSA) is 107 Å². The molecule has 3 rings (SSSR count). The van der Waals surface area contributed by atoms with Crippen molar-refractivity contribution in [1.82, 2.24) is 15.2 Å². The molecule has 1 aromatic heterocycles. The van der Waals surface area contributed by atoms with E-state index in [4.69, 9.17) is 15.2 Å². The number of anilines is 1. The van der Waals surface area contributed by atoms with Crippen LogP contribution in [0.4, 0.5) is 10.5 Å². The van der Waals surface area contributed by atoms with E-state index in [-0.39, 0.29) is 31.1 Å². The minimum absolute atomic E-state index is 0.0527. The van der Waals surface area contributed by atoms with Crippen molar-refractivity contribution in [2.75, 3.05) is 32.5 Å². The Labute approximate surface area is 206 Å². The number of carbonyl (C=O) groups excluding carboxylic acids is 2. The summed E-state index contributed by atoms with van der Waals surface area (Å²) in [5.74, 6) is 0.459. The van der Waals surface area contributed by atoms with E-state index in [2.05, 4.69) is 17.2 Å². The van der Waals surface area contributed by atoms with Crippen molar-refractivity contribution < 1.29 is 19.1 Å². The molecule has 35 heavy (non-hydrogen) atoms. The lowest BCUT2D eigenvalue weighted by Gasteiger charge is -2.25. The lowest BCUT2D eigenvalue weighted by Crippen LogP contribution is -2.36. The molecule has 0 saturated heterocycles. The van der Waals surface area contributed by atoms with Crippen molar-refractivity contribution in [2.45, 2.75) is 25.9 Å². The molecule has 1 heterocycles. The number of nitrogens with two attached hydrogens (primary N) is 1. The Balaban J connectivity index is 1.60. The largest absolute Gasteiger partial charge is 0.484 e. The third-order valence-electron chi connectivity index (χ3n) is 5.59. The molecule has 0 radical (unpaired) electrons. The number of nitrogens with one attached hydrogen (secondary N) is 1. The van der Waals surface area contributed by atoms with Crippen LogP contribution in [0.2, 0.25) is 0 Å². The van der Waals surface area contributed by atoms with Crippen molar-refractivity contribution in [3.05, 3.63) is 89.7 Å². The van der Waals surface area contributed by atoms with E-state index in [1.165, 1.54) is 0 Å². The first-order chi connectivity index (χ1) is 16.9. The van der Waals surface area contributed by atoms with Gasteiger partial charge in [0.25, 0.3) is 5.91 Å². The maximum absolute atomic E-state index is 13.0. The van der Waals surface area contributed by atoms with Gasteiger partial charge in [0.1, 0.15) is 12.4 Å². The van der Waals surface area contributed by atoms with Gasteiger partial charge in [-0.2, -0.15) is 0 Å². The molecule has 3 aromatic rings. The molecule has 8 heteroatoms. The zero-order chi connectivity index (χ0) is 25.0. The van der Waals surface area contributed by atoms with E-state index >= 15 is 0 Å². The van der Waals surface area contributed by atoms with E-state index in [1.54, 1.807) is 30.3 Å². The maximum Gasteiger partial charge on any atom is 0.410 e. The van der Waals surface area contributed by atoms with Gasteiger partial charge in [-0.05, 0) is 53.4 Å². The molecule has 0 aliphatic rings. The first-order valence-electron chi connectivity index (χ1n) is 11.5. The average molecular weight is 477 g/mol. The minimum atomic E-state index is -0.379. The number of aromatic nitrogens is 1. The molecular formula is C27H32N4O4. The van der Waals surface area contributed by atoms with Gasteiger partial charge in [0.05, 0.1) is 0 Å². The Bertz CT molecular complexity index is 1070. The third-order valence-corrected chi connectivity index (χ3v) is 5.59. The van der Waals surface area contributed by atoms with Crippen LogP contribution in [0.15, 0.2) is 73.1 Å². The van der Waals surface area contributed by atoms with Crippen molar-refractivity contribution >= 4 is 17.7 Å². The summed E-state index contributed by atoms with van der Waals surface area (Å²) < 4.78 is 11.0. The number of amides is 2. The quantitative estimate of drug-likeness (QED) is 0.408. The number of hydrogen-bond donors (Lipinski definition) is 2. The molecule has 0 bridgehead atoms. The number of rotatable bonds is 11. The van der Waals surface area contributed by atoms with Crippen molar-refractivity contribution in [2.24, 2.45) is 0 Å².